The number of hydrogen-bond acceptors (Lipinski definition) is 9. The van der Waals surface area contributed by atoms with Crippen molar-refractivity contribution >= 4 is 22.3 Å². The number of hydrogen-bond donors (Lipinski definition) is 1. The van der Waals surface area contributed by atoms with Crippen molar-refractivity contribution < 1.29 is 9.47 Å². The minimum Gasteiger partial charge on any atom is -0.462 e. The largest absolute Gasteiger partial charge is 0.462 e. The molecule has 3 aliphatic heterocycles. The normalized spacial score (nSPS) is 23.3. The molecule has 0 bridgehead atoms. The first-order valence-electron chi connectivity index (χ1n) is 14.4. The van der Waals surface area contributed by atoms with Gasteiger partial charge in [0.2, 0.25) is 0 Å². The highest BCUT2D eigenvalue weighted by atomic mass is 16.5. The van der Waals surface area contributed by atoms with Crippen molar-refractivity contribution in [2.24, 2.45) is 0 Å². The monoisotopic (exact) mass is 541 g/mol. The van der Waals surface area contributed by atoms with Crippen molar-refractivity contribution in [2.75, 3.05) is 63.3 Å². The number of methoxy groups -OCH3 is 1. The standard InChI is InChI=1S/C31H39N7O2/c1-21-6-4-7-22-8-5-9-28(29(21)22)37-14-11-26-27(19-37)34-31(40-20-24-16-25(39-3)18-36(24)2)35-30(26)38-15-13-33-23(17-38)10-12-32/h4-9,23-25,33H,10-11,13-20H2,1-3H3/t23-,24-,25+/m0/s1. The summed E-state index contributed by atoms with van der Waals surface area (Å²) in [4.78, 5) is 17.1. The molecule has 6 rings (SSSR count). The highest BCUT2D eigenvalue weighted by Gasteiger charge is 2.32. The SMILES string of the molecule is CO[C@@H]1C[C@@H](COc2nc3c(c(N4CCN[C@@H](CC#N)C4)n2)CCN(c2cccc4cccc(C)c24)C3)N(C)C1. The summed E-state index contributed by atoms with van der Waals surface area (Å²) in [5.41, 5.74) is 4.77. The van der Waals surface area contributed by atoms with Crippen molar-refractivity contribution in [2.45, 2.75) is 50.9 Å². The quantitative estimate of drug-likeness (QED) is 0.484. The Morgan fingerprint density at radius 1 is 1.10 bits per heavy atom. The topological polar surface area (TPSA) is 89.8 Å². The maximum atomic E-state index is 9.30. The van der Waals surface area contributed by atoms with Gasteiger partial charge in [0.1, 0.15) is 12.4 Å². The van der Waals surface area contributed by atoms with Crippen LogP contribution in [0.4, 0.5) is 11.5 Å². The van der Waals surface area contributed by atoms with Crippen LogP contribution < -0.4 is 19.9 Å². The smallest absolute Gasteiger partial charge is 0.318 e. The van der Waals surface area contributed by atoms with Gasteiger partial charge in [-0.25, -0.2) is 0 Å². The molecule has 2 saturated heterocycles. The molecule has 9 heteroatoms. The Labute approximate surface area is 236 Å². The second-order valence-corrected chi connectivity index (χ2v) is 11.3. The van der Waals surface area contributed by atoms with E-state index in [4.69, 9.17) is 19.4 Å². The second kappa shape index (κ2) is 11.6. The number of nitrogens with one attached hydrogen (secondary N) is 1. The fourth-order valence-electron chi connectivity index (χ4n) is 6.52. The maximum Gasteiger partial charge on any atom is 0.318 e. The third kappa shape index (κ3) is 5.31. The Morgan fingerprint density at radius 2 is 1.95 bits per heavy atom. The molecule has 3 aromatic rings. The molecule has 2 fully saturated rings. The van der Waals surface area contributed by atoms with Crippen LogP contribution >= 0.6 is 0 Å². The van der Waals surface area contributed by atoms with Gasteiger partial charge in [-0.15, -0.1) is 0 Å². The Hall–Kier alpha value is -3.45. The maximum absolute atomic E-state index is 9.30. The van der Waals surface area contributed by atoms with Crippen LogP contribution in [-0.4, -0.2) is 86.5 Å². The Bertz CT molecular complexity index is 1400. The van der Waals surface area contributed by atoms with Gasteiger partial charge in [-0.05, 0) is 43.8 Å². The van der Waals surface area contributed by atoms with E-state index in [0.717, 1.165) is 57.1 Å². The van der Waals surface area contributed by atoms with Crippen LogP contribution in [-0.2, 0) is 17.7 Å². The molecule has 2 aromatic carbocycles. The lowest BCUT2D eigenvalue weighted by molar-refractivity contribution is 0.111. The number of anilines is 2. The molecule has 0 amide bonds. The Balaban J connectivity index is 1.32. The third-order valence-electron chi connectivity index (χ3n) is 8.74. The molecule has 1 aromatic heterocycles. The molecule has 4 heterocycles. The van der Waals surface area contributed by atoms with Crippen LogP contribution in [0.1, 0.15) is 29.7 Å². The van der Waals surface area contributed by atoms with Crippen molar-refractivity contribution in [3.8, 4) is 12.1 Å². The predicted octanol–water partition coefficient (Wildman–Crippen LogP) is 3.29. The predicted molar refractivity (Wildman–Crippen MR) is 157 cm³/mol. The first-order chi connectivity index (χ1) is 19.5. The molecule has 40 heavy (non-hydrogen) atoms. The van der Waals surface area contributed by atoms with Crippen molar-refractivity contribution in [3.63, 3.8) is 0 Å². The lowest BCUT2D eigenvalue weighted by atomic mass is 9.99. The number of nitrogens with zero attached hydrogens (tertiary/aromatic N) is 6. The average molecular weight is 542 g/mol. The summed E-state index contributed by atoms with van der Waals surface area (Å²) < 4.78 is 11.9. The molecule has 0 aliphatic carbocycles. The van der Waals surface area contributed by atoms with Gasteiger partial charge in [0, 0.05) is 68.6 Å². The van der Waals surface area contributed by atoms with Gasteiger partial charge < -0.3 is 24.6 Å². The minimum absolute atomic E-state index is 0.130. The highest BCUT2D eigenvalue weighted by Crippen LogP contribution is 2.35. The zero-order valence-corrected chi connectivity index (χ0v) is 23.8. The Kier molecular flexibility index (Phi) is 7.74. The van der Waals surface area contributed by atoms with Gasteiger partial charge in [0.15, 0.2) is 0 Å². The van der Waals surface area contributed by atoms with Crippen molar-refractivity contribution in [3.05, 3.63) is 53.2 Å². The van der Waals surface area contributed by atoms with Crippen molar-refractivity contribution in [1.29, 1.82) is 5.26 Å². The summed E-state index contributed by atoms with van der Waals surface area (Å²) in [5, 5.41) is 15.3. The number of likely N-dealkylation sites (tertiary alicyclic amines) is 1. The van der Waals surface area contributed by atoms with Gasteiger partial charge in [-0.3, -0.25) is 4.90 Å². The summed E-state index contributed by atoms with van der Waals surface area (Å²) in [6.07, 6.45) is 2.51. The van der Waals surface area contributed by atoms with E-state index in [0.29, 0.717) is 25.6 Å². The third-order valence-corrected chi connectivity index (χ3v) is 8.74. The molecule has 0 saturated carbocycles. The zero-order valence-electron chi connectivity index (χ0n) is 23.8. The lowest BCUT2D eigenvalue weighted by Gasteiger charge is -2.37. The minimum atomic E-state index is 0.130. The van der Waals surface area contributed by atoms with Crippen LogP contribution in [0.3, 0.4) is 0 Å². The van der Waals surface area contributed by atoms with Gasteiger partial charge in [0.05, 0.1) is 30.8 Å². The molecule has 0 radical (unpaired) electrons. The number of ether oxygens (including phenoxy) is 2. The van der Waals surface area contributed by atoms with E-state index in [9.17, 15) is 5.26 Å². The summed E-state index contributed by atoms with van der Waals surface area (Å²) >= 11 is 0. The molecule has 0 spiro atoms. The molecule has 0 unspecified atom stereocenters. The van der Waals surface area contributed by atoms with Gasteiger partial charge in [-0.2, -0.15) is 15.2 Å². The van der Waals surface area contributed by atoms with Crippen LogP contribution in [0.15, 0.2) is 36.4 Å². The summed E-state index contributed by atoms with van der Waals surface area (Å²) in [5.74, 6) is 0.965. The summed E-state index contributed by atoms with van der Waals surface area (Å²) in [7, 11) is 3.89. The fourth-order valence-corrected chi connectivity index (χ4v) is 6.52. The van der Waals surface area contributed by atoms with E-state index in [1.54, 1.807) is 7.11 Å². The molecule has 1 N–H and O–H groups in total. The van der Waals surface area contributed by atoms with Crippen LogP contribution in [0.5, 0.6) is 6.01 Å². The number of nitriles is 1. The number of aryl methyl sites for hydroxylation is 1. The zero-order chi connectivity index (χ0) is 27.6. The van der Waals surface area contributed by atoms with Crippen LogP contribution in [0.25, 0.3) is 10.8 Å². The number of fused-ring (bicyclic) bond motifs is 2. The van der Waals surface area contributed by atoms with E-state index < -0.39 is 0 Å². The second-order valence-electron chi connectivity index (χ2n) is 11.3. The van der Waals surface area contributed by atoms with Crippen LogP contribution in [0.2, 0.25) is 0 Å². The van der Waals surface area contributed by atoms with E-state index in [1.807, 2.05) is 0 Å². The fraction of sp³-hybridized carbons (Fsp3) is 0.516. The average Bonchev–Trinajstić information content (AvgIpc) is 3.35. The Morgan fingerprint density at radius 3 is 2.75 bits per heavy atom. The number of benzene rings is 2. The summed E-state index contributed by atoms with van der Waals surface area (Å²) in [6.45, 7) is 7.65. The number of likely N-dealkylation sites (N-methyl/N-ethyl adjacent to an activating group) is 1. The summed E-state index contributed by atoms with van der Waals surface area (Å²) in [6, 6.07) is 16.2. The molecular weight excluding hydrogens is 502 g/mol. The van der Waals surface area contributed by atoms with Crippen LogP contribution in [0, 0.1) is 18.3 Å². The van der Waals surface area contributed by atoms with E-state index in [-0.39, 0.29) is 18.2 Å². The number of rotatable bonds is 7. The lowest BCUT2D eigenvalue weighted by Crippen LogP contribution is -2.51. The number of piperazine rings is 1. The molecule has 210 valence electrons. The molecular formula is C31H39N7O2. The van der Waals surface area contributed by atoms with Gasteiger partial charge in [-0.1, -0.05) is 30.3 Å². The molecule has 3 aliphatic rings. The highest BCUT2D eigenvalue weighted by molar-refractivity contribution is 5.97. The molecule has 9 nitrogen and oxygen atoms in total. The van der Waals surface area contributed by atoms with Crippen molar-refractivity contribution in [1.82, 2.24) is 20.2 Å². The first kappa shape index (κ1) is 26.8. The number of aromatic nitrogens is 2. The molecule has 3 atom stereocenters. The van der Waals surface area contributed by atoms with Gasteiger partial charge in [0.25, 0.3) is 0 Å². The van der Waals surface area contributed by atoms with E-state index in [1.165, 1.54) is 27.6 Å². The first-order valence-corrected chi connectivity index (χ1v) is 14.4. The van der Waals surface area contributed by atoms with E-state index in [2.05, 4.69) is 76.5 Å². The van der Waals surface area contributed by atoms with E-state index >= 15 is 0 Å². The van der Waals surface area contributed by atoms with Gasteiger partial charge >= 0.3 is 6.01 Å².